The van der Waals surface area contributed by atoms with E-state index in [0.29, 0.717) is 19.4 Å². The quantitative estimate of drug-likeness (QED) is 0.630. The number of hydrogen-bond acceptors (Lipinski definition) is 6. The van der Waals surface area contributed by atoms with Crippen LogP contribution in [0.5, 0.6) is 0 Å². The zero-order valence-electron chi connectivity index (χ0n) is 8.67. The molecule has 1 aromatic heterocycles. The van der Waals surface area contributed by atoms with Gasteiger partial charge in [0.1, 0.15) is 6.33 Å². The average molecular weight is 213 g/mol. The Morgan fingerprint density at radius 2 is 2.40 bits per heavy atom. The number of carbonyl (C=O) groups is 1. The molecule has 84 valence electrons. The highest BCUT2D eigenvalue weighted by atomic mass is 16.5. The Hall–Kier alpha value is -1.50. The summed E-state index contributed by atoms with van der Waals surface area (Å²) in [6.07, 6.45) is 3.25. The first-order chi connectivity index (χ1) is 7.22. The molecule has 1 aromatic rings. The fourth-order valence-electron chi connectivity index (χ4n) is 1.13. The molecule has 0 aliphatic carbocycles. The van der Waals surface area contributed by atoms with Crippen LogP contribution in [0.4, 0.5) is 0 Å². The van der Waals surface area contributed by atoms with E-state index >= 15 is 0 Å². The minimum atomic E-state index is -0.229. The highest BCUT2D eigenvalue weighted by molar-refractivity contribution is 5.69. The summed E-state index contributed by atoms with van der Waals surface area (Å²) < 4.78 is 6.13. The van der Waals surface area contributed by atoms with E-state index in [4.69, 9.17) is 5.73 Å². The normalized spacial score (nSPS) is 12.4. The molecule has 0 aliphatic rings. The van der Waals surface area contributed by atoms with Gasteiger partial charge in [0.05, 0.1) is 7.11 Å². The maximum atomic E-state index is 10.8. The van der Waals surface area contributed by atoms with Crippen LogP contribution in [-0.4, -0.2) is 39.3 Å². The number of carbonyl (C=O) groups excluding carboxylic acids is 1. The Kier molecular flexibility index (Phi) is 4.69. The molecular weight excluding hydrogens is 198 g/mol. The predicted octanol–water partition coefficient (Wildman–Crippen LogP) is -0.656. The molecule has 0 bridgehead atoms. The van der Waals surface area contributed by atoms with Crippen molar-refractivity contribution in [3.8, 4) is 0 Å². The molecule has 0 saturated heterocycles. The van der Waals surface area contributed by atoms with Gasteiger partial charge in [-0.1, -0.05) is 0 Å². The molecule has 1 atom stereocenters. The molecule has 1 heterocycles. The summed E-state index contributed by atoms with van der Waals surface area (Å²) in [5.41, 5.74) is 5.80. The van der Waals surface area contributed by atoms with Crippen LogP contribution in [0.25, 0.3) is 0 Å². The van der Waals surface area contributed by atoms with Crippen molar-refractivity contribution in [1.29, 1.82) is 0 Å². The Morgan fingerprint density at radius 1 is 1.60 bits per heavy atom. The fraction of sp³-hybridized carbons (Fsp3) is 0.750. The second kappa shape index (κ2) is 6.07. The van der Waals surface area contributed by atoms with Crippen LogP contribution in [0, 0.1) is 0 Å². The van der Waals surface area contributed by atoms with E-state index in [1.165, 1.54) is 13.4 Å². The number of nitrogens with zero attached hydrogens (tertiary/aromatic N) is 4. The van der Waals surface area contributed by atoms with Crippen molar-refractivity contribution in [2.75, 3.05) is 7.11 Å². The first-order valence-electron chi connectivity index (χ1n) is 4.75. The number of nitrogens with two attached hydrogens (primary N) is 1. The lowest BCUT2D eigenvalue weighted by atomic mass is 10.1. The van der Waals surface area contributed by atoms with E-state index in [-0.39, 0.29) is 12.0 Å². The van der Waals surface area contributed by atoms with E-state index in [1.807, 2.05) is 0 Å². The maximum Gasteiger partial charge on any atom is 0.305 e. The zero-order chi connectivity index (χ0) is 11.1. The lowest BCUT2D eigenvalue weighted by Crippen LogP contribution is -2.23. The van der Waals surface area contributed by atoms with Crippen LogP contribution in [-0.2, 0) is 16.1 Å². The van der Waals surface area contributed by atoms with Crippen molar-refractivity contribution in [3.63, 3.8) is 0 Å². The smallest absolute Gasteiger partial charge is 0.305 e. The van der Waals surface area contributed by atoms with Crippen LogP contribution in [0.2, 0.25) is 0 Å². The standard InChI is InChI=1S/C8H15N5O2/c1-15-8(14)3-2-7(9)4-5-13-6-10-11-12-13/h6-7H,2-5,9H2,1H3. The molecule has 2 N–H and O–H groups in total. The van der Waals surface area contributed by atoms with Crippen molar-refractivity contribution in [2.45, 2.75) is 31.8 Å². The number of hydrogen-bond donors (Lipinski definition) is 1. The van der Waals surface area contributed by atoms with Crippen molar-refractivity contribution >= 4 is 5.97 Å². The second-order valence-corrected chi connectivity index (χ2v) is 3.24. The Bertz CT molecular complexity index is 287. The van der Waals surface area contributed by atoms with Crippen molar-refractivity contribution in [2.24, 2.45) is 5.73 Å². The van der Waals surface area contributed by atoms with Crippen LogP contribution < -0.4 is 5.73 Å². The van der Waals surface area contributed by atoms with Gasteiger partial charge in [-0.2, -0.15) is 0 Å². The van der Waals surface area contributed by atoms with E-state index in [1.54, 1.807) is 4.68 Å². The van der Waals surface area contributed by atoms with Gasteiger partial charge < -0.3 is 10.5 Å². The van der Waals surface area contributed by atoms with Crippen LogP contribution >= 0.6 is 0 Å². The molecule has 0 radical (unpaired) electrons. The van der Waals surface area contributed by atoms with Crippen molar-refractivity contribution in [3.05, 3.63) is 6.33 Å². The average Bonchev–Trinajstić information content (AvgIpc) is 2.75. The maximum absolute atomic E-state index is 10.8. The Morgan fingerprint density at radius 3 is 3.00 bits per heavy atom. The summed E-state index contributed by atoms with van der Waals surface area (Å²) in [6, 6.07) is -0.0340. The molecular formula is C8H15N5O2. The number of aromatic nitrogens is 4. The number of methoxy groups -OCH3 is 1. The molecule has 15 heavy (non-hydrogen) atoms. The third kappa shape index (κ3) is 4.50. The van der Waals surface area contributed by atoms with Gasteiger partial charge in [-0.15, -0.1) is 5.10 Å². The highest BCUT2D eigenvalue weighted by Crippen LogP contribution is 2.01. The molecule has 0 spiro atoms. The molecule has 1 unspecified atom stereocenters. The molecule has 0 aliphatic heterocycles. The Labute approximate surface area is 87.6 Å². The molecule has 0 fully saturated rings. The monoisotopic (exact) mass is 213 g/mol. The van der Waals surface area contributed by atoms with Gasteiger partial charge in [0, 0.05) is 19.0 Å². The van der Waals surface area contributed by atoms with E-state index in [2.05, 4.69) is 20.3 Å². The highest BCUT2D eigenvalue weighted by Gasteiger charge is 2.07. The number of tetrazole rings is 1. The van der Waals surface area contributed by atoms with Crippen molar-refractivity contribution in [1.82, 2.24) is 20.2 Å². The first kappa shape index (κ1) is 11.6. The summed E-state index contributed by atoms with van der Waals surface area (Å²) in [5, 5.41) is 10.7. The lowest BCUT2D eigenvalue weighted by molar-refractivity contribution is -0.140. The summed E-state index contributed by atoms with van der Waals surface area (Å²) in [4.78, 5) is 10.8. The molecule has 7 heteroatoms. The van der Waals surface area contributed by atoms with Crippen LogP contribution in [0.1, 0.15) is 19.3 Å². The molecule has 0 aromatic carbocycles. The molecule has 7 nitrogen and oxygen atoms in total. The number of aryl methyl sites for hydroxylation is 1. The number of rotatable bonds is 6. The number of esters is 1. The lowest BCUT2D eigenvalue weighted by Gasteiger charge is -2.09. The predicted molar refractivity (Wildman–Crippen MR) is 51.7 cm³/mol. The van der Waals surface area contributed by atoms with Gasteiger partial charge in [0.25, 0.3) is 0 Å². The van der Waals surface area contributed by atoms with E-state index in [0.717, 1.165) is 6.42 Å². The summed E-state index contributed by atoms with van der Waals surface area (Å²) >= 11 is 0. The third-order valence-corrected chi connectivity index (χ3v) is 2.07. The number of ether oxygens (including phenoxy) is 1. The van der Waals surface area contributed by atoms with Gasteiger partial charge in [-0.25, -0.2) is 4.68 Å². The first-order valence-corrected chi connectivity index (χ1v) is 4.75. The van der Waals surface area contributed by atoms with Gasteiger partial charge in [0.2, 0.25) is 0 Å². The zero-order valence-corrected chi connectivity index (χ0v) is 8.67. The van der Waals surface area contributed by atoms with Crippen LogP contribution in [0.15, 0.2) is 6.33 Å². The largest absolute Gasteiger partial charge is 0.469 e. The van der Waals surface area contributed by atoms with Gasteiger partial charge in [-0.3, -0.25) is 4.79 Å². The Balaban J connectivity index is 2.13. The summed E-state index contributed by atoms with van der Waals surface area (Å²) in [5.74, 6) is -0.229. The van der Waals surface area contributed by atoms with Gasteiger partial charge in [0.15, 0.2) is 0 Å². The van der Waals surface area contributed by atoms with Gasteiger partial charge >= 0.3 is 5.97 Å². The topological polar surface area (TPSA) is 95.9 Å². The minimum absolute atomic E-state index is 0.0340. The molecule has 0 saturated carbocycles. The second-order valence-electron chi connectivity index (χ2n) is 3.24. The van der Waals surface area contributed by atoms with Crippen LogP contribution in [0.3, 0.4) is 0 Å². The van der Waals surface area contributed by atoms with Gasteiger partial charge in [-0.05, 0) is 23.3 Å². The SMILES string of the molecule is COC(=O)CCC(N)CCn1cnnn1. The van der Waals surface area contributed by atoms with Crippen molar-refractivity contribution < 1.29 is 9.53 Å². The summed E-state index contributed by atoms with van der Waals surface area (Å²) in [7, 11) is 1.37. The fourth-order valence-corrected chi connectivity index (χ4v) is 1.13. The summed E-state index contributed by atoms with van der Waals surface area (Å²) in [6.45, 7) is 0.662. The minimum Gasteiger partial charge on any atom is -0.469 e. The third-order valence-electron chi connectivity index (χ3n) is 2.07. The van der Waals surface area contributed by atoms with E-state index in [9.17, 15) is 4.79 Å². The van der Waals surface area contributed by atoms with E-state index < -0.39 is 0 Å². The molecule has 0 amide bonds. The molecule has 1 rings (SSSR count).